The number of aliphatic hydroxyl groups is 1. The number of amides is 1. The molecule has 17 heavy (non-hydrogen) atoms. The van der Waals surface area contributed by atoms with Crippen LogP contribution in [0.5, 0.6) is 5.75 Å². The van der Waals surface area contributed by atoms with Gasteiger partial charge in [-0.05, 0) is 13.0 Å². The lowest BCUT2D eigenvalue weighted by molar-refractivity contribution is -0.135. The van der Waals surface area contributed by atoms with Crippen molar-refractivity contribution in [1.29, 1.82) is 0 Å². The molecule has 2 atom stereocenters. The molecule has 0 saturated carbocycles. The van der Waals surface area contributed by atoms with E-state index in [4.69, 9.17) is 4.74 Å². The number of rotatable bonds is 3. The molecule has 0 unspecified atom stereocenters. The van der Waals surface area contributed by atoms with Crippen molar-refractivity contribution in [2.24, 2.45) is 0 Å². The van der Waals surface area contributed by atoms with Crippen LogP contribution in [0.3, 0.4) is 0 Å². The zero-order valence-corrected chi connectivity index (χ0v) is 10.1. The third kappa shape index (κ3) is 2.00. The molecule has 0 spiro atoms. The maximum absolute atomic E-state index is 11.8. The van der Waals surface area contributed by atoms with Crippen molar-refractivity contribution in [3.8, 4) is 5.75 Å². The van der Waals surface area contributed by atoms with E-state index in [0.717, 1.165) is 11.3 Å². The van der Waals surface area contributed by atoms with Crippen LogP contribution in [0, 0.1) is 0 Å². The highest BCUT2D eigenvalue weighted by Crippen LogP contribution is 2.37. The van der Waals surface area contributed by atoms with Crippen LogP contribution in [0.1, 0.15) is 24.9 Å². The molecule has 1 aromatic carbocycles. The highest BCUT2D eigenvalue weighted by atomic mass is 16.5. The van der Waals surface area contributed by atoms with E-state index < -0.39 is 6.10 Å². The predicted molar refractivity (Wildman–Crippen MR) is 63.7 cm³/mol. The van der Waals surface area contributed by atoms with Crippen LogP contribution in [-0.2, 0) is 4.79 Å². The van der Waals surface area contributed by atoms with Gasteiger partial charge in [0, 0.05) is 18.5 Å². The summed E-state index contributed by atoms with van der Waals surface area (Å²) in [5.41, 5.74) is 0.960. The van der Waals surface area contributed by atoms with Gasteiger partial charge in [0.2, 0.25) is 0 Å². The highest BCUT2D eigenvalue weighted by Gasteiger charge is 2.39. The summed E-state index contributed by atoms with van der Waals surface area (Å²) < 4.78 is 5.30. The second kappa shape index (κ2) is 4.75. The lowest BCUT2D eigenvalue weighted by atomic mass is 10.0. The van der Waals surface area contributed by atoms with E-state index in [1.165, 1.54) is 0 Å². The van der Waals surface area contributed by atoms with E-state index in [1.807, 2.05) is 31.2 Å². The van der Waals surface area contributed by atoms with Gasteiger partial charge in [0.25, 0.3) is 5.91 Å². The van der Waals surface area contributed by atoms with Crippen LogP contribution in [-0.4, -0.2) is 35.7 Å². The average molecular weight is 235 g/mol. The number of para-hydroxylation sites is 1. The number of aliphatic hydroxyl groups excluding tert-OH is 1. The molecular weight excluding hydrogens is 218 g/mol. The van der Waals surface area contributed by atoms with Gasteiger partial charge in [-0.25, -0.2) is 0 Å². The molecule has 1 amide bonds. The van der Waals surface area contributed by atoms with Crippen LogP contribution < -0.4 is 4.74 Å². The quantitative estimate of drug-likeness (QED) is 0.860. The predicted octanol–water partition coefficient (Wildman–Crippen LogP) is 1.35. The van der Waals surface area contributed by atoms with Gasteiger partial charge in [-0.1, -0.05) is 18.2 Å². The summed E-state index contributed by atoms with van der Waals surface area (Å²) in [5.74, 6) is 0.571. The van der Waals surface area contributed by atoms with E-state index in [2.05, 4.69) is 0 Å². The first-order valence-corrected chi connectivity index (χ1v) is 5.80. The Labute approximate surface area is 101 Å². The summed E-state index contributed by atoms with van der Waals surface area (Å²) in [5, 5.41) is 9.66. The topological polar surface area (TPSA) is 49.8 Å². The van der Waals surface area contributed by atoms with E-state index >= 15 is 0 Å². The fourth-order valence-corrected chi connectivity index (χ4v) is 2.40. The number of hydrogen-bond donors (Lipinski definition) is 1. The van der Waals surface area contributed by atoms with Gasteiger partial charge in [-0.3, -0.25) is 4.79 Å². The van der Waals surface area contributed by atoms with E-state index in [0.29, 0.717) is 13.0 Å². The number of hydrogen-bond acceptors (Lipinski definition) is 3. The van der Waals surface area contributed by atoms with Gasteiger partial charge < -0.3 is 14.7 Å². The molecule has 4 heteroatoms. The third-order valence-electron chi connectivity index (χ3n) is 3.23. The number of methoxy groups -OCH3 is 1. The summed E-state index contributed by atoms with van der Waals surface area (Å²) >= 11 is 0. The maximum atomic E-state index is 11.8. The van der Waals surface area contributed by atoms with E-state index in [9.17, 15) is 9.90 Å². The second-order valence-corrected chi connectivity index (χ2v) is 4.13. The lowest BCUT2D eigenvalue weighted by Crippen LogP contribution is -2.30. The average Bonchev–Trinajstić information content (AvgIpc) is 2.65. The number of benzene rings is 1. The molecule has 0 radical (unpaired) electrons. The van der Waals surface area contributed by atoms with Crippen molar-refractivity contribution < 1.29 is 14.6 Å². The smallest absolute Gasteiger partial charge is 0.252 e. The normalized spacial score (nSPS) is 24.2. The Morgan fingerprint density at radius 2 is 2.18 bits per heavy atom. The molecule has 4 nitrogen and oxygen atoms in total. The van der Waals surface area contributed by atoms with E-state index in [1.54, 1.807) is 12.0 Å². The first kappa shape index (κ1) is 11.9. The number of carbonyl (C=O) groups is 1. The summed E-state index contributed by atoms with van der Waals surface area (Å²) in [4.78, 5) is 13.5. The maximum Gasteiger partial charge on any atom is 0.252 e. The Kier molecular flexibility index (Phi) is 3.33. The Balaban J connectivity index is 2.36. The number of nitrogens with zero attached hydrogens (tertiary/aromatic N) is 1. The molecule has 0 aliphatic carbocycles. The van der Waals surface area contributed by atoms with Gasteiger partial charge in [0.05, 0.1) is 13.2 Å². The molecule has 1 heterocycles. The van der Waals surface area contributed by atoms with Crippen molar-refractivity contribution in [1.82, 2.24) is 4.90 Å². The zero-order valence-electron chi connectivity index (χ0n) is 10.1. The summed E-state index contributed by atoms with van der Waals surface area (Å²) in [6, 6.07) is 7.54. The molecule has 1 fully saturated rings. The molecular formula is C13H17NO3. The van der Waals surface area contributed by atoms with Crippen LogP contribution in [0.2, 0.25) is 0 Å². The van der Waals surface area contributed by atoms with Crippen molar-refractivity contribution in [2.45, 2.75) is 25.5 Å². The Hall–Kier alpha value is -1.55. The minimum atomic E-state index is -0.884. The minimum absolute atomic E-state index is 0.0846. The molecule has 1 saturated heterocycles. The van der Waals surface area contributed by atoms with Crippen molar-refractivity contribution in [2.75, 3.05) is 13.7 Å². The molecule has 1 N–H and O–H groups in total. The minimum Gasteiger partial charge on any atom is -0.496 e. The lowest BCUT2D eigenvalue weighted by Gasteiger charge is -2.24. The highest BCUT2D eigenvalue weighted by molar-refractivity contribution is 5.83. The van der Waals surface area contributed by atoms with Crippen LogP contribution in [0.25, 0.3) is 0 Å². The summed E-state index contributed by atoms with van der Waals surface area (Å²) in [7, 11) is 1.61. The van der Waals surface area contributed by atoms with Crippen molar-refractivity contribution in [3.05, 3.63) is 29.8 Å². The van der Waals surface area contributed by atoms with Crippen LogP contribution in [0.4, 0.5) is 0 Å². The number of ether oxygens (including phenoxy) is 1. The molecule has 92 valence electrons. The number of likely N-dealkylation sites (tertiary alicyclic amines) is 1. The van der Waals surface area contributed by atoms with Crippen LogP contribution >= 0.6 is 0 Å². The van der Waals surface area contributed by atoms with Gasteiger partial charge in [0.1, 0.15) is 11.9 Å². The van der Waals surface area contributed by atoms with E-state index in [-0.39, 0.29) is 11.9 Å². The van der Waals surface area contributed by atoms with Gasteiger partial charge in [0.15, 0.2) is 0 Å². The third-order valence-corrected chi connectivity index (χ3v) is 3.23. The largest absolute Gasteiger partial charge is 0.496 e. The molecule has 1 aliphatic rings. The standard InChI is InChI=1S/C13H17NO3/c1-3-14-10(8-11(15)13(14)16)9-6-4-5-7-12(9)17-2/h4-7,10-11,15H,3,8H2,1-2H3/t10-,11-/m0/s1. The Bertz CT molecular complexity index is 419. The molecule has 2 rings (SSSR count). The van der Waals surface area contributed by atoms with Crippen LogP contribution in [0.15, 0.2) is 24.3 Å². The fourth-order valence-electron chi connectivity index (χ4n) is 2.40. The Morgan fingerprint density at radius 1 is 1.47 bits per heavy atom. The summed E-state index contributed by atoms with van der Waals surface area (Å²) in [6.45, 7) is 2.51. The number of carbonyl (C=O) groups excluding carboxylic acids is 1. The van der Waals surface area contributed by atoms with Gasteiger partial charge >= 0.3 is 0 Å². The first-order valence-electron chi connectivity index (χ1n) is 5.80. The molecule has 1 aliphatic heterocycles. The first-order chi connectivity index (χ1) is 8.19. The summed E-state index contributed by atoms with van der Waals surface area (Å²) in [6.07, 6.45) is -0.447. The molecule has 0 bridgehead atoms. The van der Waals surface area contributed by atoms with Gasteiger partial charge in [-0.2, -0.15) is 0 Å². The zero-order chi connectivity index (χ0) is 12.4. The second-order valence-electron chi connectivity index (χ2n) is 4.13. The van der Waals surface area contributed by atoms with Crippen molar-refractivity contribution in [3.63, 3.8) is 0 Å². The van der Waals surface area contributed by atoms with Gasteiger partial charge in [-0.15, -0.1) is 0 Å². The monoisotopic (exact) mass is 235 g/mol. The Morgan fingerprint density at radius 3 is 2.82 bits per heavy atom. The fraction of sp³-hybridized carbons (Fsp3) is 0.462. The van der Waals surface area contributed by atoms with Crippen molar-refractivity contribution >= 4 is 5.91 Å². The number of likely N-dealkylation sites (N-methyl/N-ethyl adjacent to an activating group) is 1. The SMILES string of the molecule is CCN1C(=O)[C@@H](O)C[C@H]1c1ccccc1OC. The molecule has 1 aromatic rings. The molecule has 0 aromatic heterocycles.